The fraction of sp³-hybridized carbons (Fsp3) is 0.160. The van der Waals surface area contributed by atoms with Gasteiger partial charge in [0.05, 0.1) is 11.9 Å². The molecule has 184 valence electrons. The van der Waals surface area contributed by atoms with E-state index in [9.17, 15) is 23.6 Å². The number of pyridine rings is 1. The van der Waals surface area contributed by atoms with E-state index in [1.54, 1.807) is 30.3 Å². The Kier molecular flexibility index (Phi) is 5.21. The zero-order chi connectivity index (χ0) is 25.7. The van der Waals surface area contributed by atoms with Crippen molar-refractivity contribution in [1.82, 2.24) is 30.2 Å². The van der Waals surface area contributed by atoms with Crippen molar-refractivity contribution in [2.45, 2.75) is 25.4 Å². The number of hydrogen-bond acceptors (Lipinski definition) is 7. The first-order valence-electron chi connectivity index (χ1n) is 11.4. The molecule has 6 rings (SSSR count). The number of imide groups is 1. The molecule has 0 bridgehead atoms. The lowest BCUT2D eigenvalue weighted by atomic mass is 10.0. The number of carbonyl (C=O) groups excluding carboxylic acids is 4. The van der Waals surface area contributed by atoms with Gasteiger partial charge >= 0.3 is 0 Å². The number of fused-ring (bicyclic) bond motifs is 2. The molecule has 0 saturated carbocycles. The van der Waals surface area contributed by atoms with Crippen LogP contribution in [0.2, 0.25) is 0 Å². The molecule has 1 saturated heterocycles. The van der Waals surface area contributed by atoms with Gasteiger partial charge in [-0.1, -0.05) is 11.3 Å². The second-order valence-corrected chi connectivity index (χ2v) is 8.77. The second-order valence-electron chi connectivity index (χ2n) is 8.77. The Bertz CT molecular complexity index is 1630. The highest BCUT2D eigenvalue weighted by atomic mass is 19.1. The van der Waals surface area contributed by atoms with Gasteiger partial charge in [0.1, 0.15) is 17.7 Å². The molecule has 1 unspecified atom stereocenters. The van der Waals surface area contributed by atoms with E-state index in [1.165, 1.54) is 34.1 Å². The molecule has 2 N–H and O–H groups in total. The lowest BCUT2D eigenvalue weighted by molar-refractivity contribution is -0.136. The topological polar surface area (TPSA) is 139 Å². The number of anilines is 1. The maximum atomic E-state index is 13.7. The molecule has 1 atom stereocenters. The van der Waals surface area contributed by atoms with Crippen molar-refractivity contribution in [3.05, 3.63) is 77.5 Å². The Balaban J connectivity index is 1.21. The third-order valence-corrected chi connectivity index (χ3v) is 6.46. The third kappa shape index (κ3) is 3.97. The first-order valence-corrected chi connectivity index (χ1v) is 11.4. The van der Waals surface area contributed by atoms with E-state index in [2.05, 4.69) is 25.9 Å². The number of carbonyl (C=O) groups is 4. The monoisotopic (exact) mass is 499 g/mol. The van der Waals surface area contributed by atoms with Gasteiger partial charge in [-0.05, 0) is 53.8 Å². The van der Waals surface area contributed by atoms with Gasteiger partial charge in [-0.3, -0.25) is 24.5 Å². The third-order valence-electron chi connectivity index (χ3n) is 6.46. The van der Waals surface area contributed by atoms with Gasteiger partial charge in [0.25, 0.3) is 11.8 Å². The normalized spacial score (nSPS) is 17.2. The largest absolute Gasteiger partial charge is 0.322 e. The average molecular weight is 499 g/mol. The smallest absolute Gasteiger partial charge is 0.279 e. The predicted molar refractivity (Wildman–Crippen MR) is 127 cm³/mol. The zero-order valence-corrected chi connectivity index (χ0v) is 19.1. The van der Waals surface area contributed by atoms with Crippen LogP contribution in [0.5, 0.6) is 0 Å². The maximum absolute atomic E-state index is 13.7. The van der Waals surface area contributed by atoms with Gasteiger partial charge < -0.3 is 10.2 Å². The Morgan fingerprint density at radius 1 is 1.11 bits per heavy atom. The van der Waals surface area contributed by atoms with E-state index < -0.39 is 23.7 Å². The molecule has 0 radical (unpaired) electrons. The minimum atomic E-state index is -0.709. The highest BCUT2D eigenvalue weighted by Crippen LogP contribution is 2.29. The molecule has 4 heterocycles. The summed E-state index contributed by atoms with van der Waals surface area (Å²) in [6, 6.07) is 10.2. The van der Waals surface area contributed by atoms with Crippen molar-refractivity contribution in [2.75, 3.05) is 5.32 Å². The minimum absolute atomic E-state index is 0.0111. The van der Waals surface area contributed by atoms with Crippen LogP contribution in [-0.2, 0) is 16.1 Å². The van der Waals surface area contributed by atoms with Crippen LogP contribution in [0.15, 0.2) is 54.9 Å². The van der Waals surface area contributed by atoms with Crippen LogP contribution in [-0.4, -0.2) is 54.5 Å². The standard InChI is InChI=1S/C25H18FN7O4/c26-15-2-1-13-7-8-27-22(18(13)10-15)29-23(35)19-12-33(31-30-19)16-3-4-17-14(9-16)11-32(25(17)37)20-5-6-21(34)28-24(20)36/h1-4,7-10,12,20H,5-6,11H2,(H,27,29,35)(H,28,34,36). The molecule has 0 aliphatic carbocycles. The molecule has 2 aromatic carbocycles. The molecular formula is C25H18FN7O4. The number of amides is 4. The number of nitrogens with one attached hydrogen (secondary N) is 2. The van der Waals surface area contributed by atoms with Crippen LogP contribution in [0, 0.1) is 5.82 Å². The Hall–Kier alpha value is -5.00. The summed E-state index contributed by atoms with van der Waals surface area (Å²) in [6.07, 6.45) is 3.39. The van der Waals surface area contributed by atoms with Crippen molar-refractivity contribution in [1.29, 1.82) is 0 Å². The number of hydrogen-bond donors (Lipinski definition) is 2. The van der Waals surface area contributed by atoms with E-state index in [1.807, 2.05) is 0 Å². The molecule has 1 fully saturated rings. The van der Waals surface area contributed by atoms with Crippen LogP contribution in [0.3, 0.4) is 0 Å². The Morgan fingerprint density at radius 2 is 1.97 bits per heavy atom. The number of piperidine rings is 1. The minimum Gasteiger partial charge on any atom is -0.322 e. The van der Waals surface area contributed by atoms with Gasteiger partial charge in [-0.2, -0.15) is 0 Å². The summed E-state index contributed by atoms with van der Waals surface area (Å²) in [6.45, 7) is 0.208. The molecule has 2 aliphatic rings. The molecule has 2 aliphatic heterocycles. The number of halogens is 1. The van der Waals surface area contributed by atoms with E-state index >= 15 is 0 Å². The first-order chi connectivity index (χ1) is 17.9. The van der Waals surface area contributed by atoms with Crippen LogP contribution in [0.1, 0.15) is 39.3 Å². The predicted octanol–water partition coefficient (Wildman–Crippen LogP) is 1.97. The first kappa shape index (κ1) is 22.5. The van der Waals surface area contributed by atoms with Crippen LogP contribution >= 0.6 is 0 Å². The Morgan fingerprint density at radius 3 is 2.81 bits per heavy atom. The second kappa shape index (κ2) is 8.59. The van der Waals surface area contributed by atoms with E-state index in [-0.39, 0.29) is 42.7 Å². The lowest BCUT2D eigenvalue weighted by Gasteiger charge is -2.29. The van der Waals surface area contributed by atoms with Crippen molar-refractivity contribution >= 4 is 40.2 Å². The molecular weight excluding hydrogens is 481 g/mol. The van der Waals surface area contributed by atoms with Crippen LogP contribution < -0.4 is 10.6 Å². The SMILES string of the molecule is O=C1CCC(N2Cc3cc(-n4cc(C(=O)Nc5nccc6ccc(F)cc56)nn4)ccc3C2=O)C(=O)N1. The van der Waals surface area contributed by atoms with E-state index in [0.29, 0.717) is 22.2 Å². The number of nitrogens with zero attached hydrogens (tertiary/aromatic N) is 5. The van der Waals surface area contributed by atoms with Crippen LogP contribution in [0.4, 0.5) is 10.2 Å². The fourth-order valence-electron chi connectivity index (χ4n) is 4.61. The number of rotatable bonds is 4. The van der Waals surface area contributed by atoms with Crippen molar-refractivity contribution in [3.63, 3.8) is 0 Å². The lowest BCUT2D eigenvalue weighted by Crippen LogP contribution is -2.52. The summed E-state index contributed by atoms with van der Waals surface area (Å²) >= 11 is 0. The summed E-state index contributed by atoms with van der Waals surface area (Å²) in [4.78, 5) is 55.0. The molecule has 37 heavy (non-hydrogen) atoms. The van der Waals surface area contributed by atoms with Crippen molar-refractivity contribution < 1.29 is 23.6 Å². The van der Waals surface area contributed by atoms with Gasteiger partial charge in [-0.25, -0.2) is 14.1 Å². The van der Waals surface area contributed by atoms with Gasteiger partial charge in [0, 0.05) is 30.1 Å². The fourth-order valence-corrected chi connectivity index (χ4v) is 4.61. The highest BCUT2D eigenvalue weighted by Gasteiger charge is 2.39. The van der Waals surface area contributed by atoms with Gasteiger partial charge in [-0.15, -0.1) is 5.10 Å². The summed E-state index contributed by atoms with van der Waals surface area (Å²) in [5.41, 5.74) is 1.72. The maximum Gasteiger partial charge on any atom is 0.279 e. The molecule has 12 heteroatoms. The van der Waals surface area contributed by atoms with Crippen molar-refractivity contribution in [3.8, 4) is 5.69 Å². The molecule has 4 amide bonds. The quantitative estimate of drug-likeness (QED) is 0.409. The van der Waals surface area contributed by atoms with Gasteiger partial charge in [0.15, 0.2) is 5.69 Å². The summed E-state index contributed by atoms with van der Waals surface area (Å²) in [5, 5.41) is 14.1. The van der Waals surface area contributed by atoms with E-state index in [0.717, 1.165) is 5.39 Å². The summed E-state index contributed by atoms with van der Waals surface area (Å²) in [7, 11) is 0. The number of benzene rings is 2. The van der Waals surface area contributed by atoms with E-state index in [4.69, 9.17) is 0 Å². The van der Waals surface area contributed by atoms with Crippen LogP contribution in [0.25, 0.3) is 16.5 Å². The summed E-state index contributed by atoms with van der Waals surface area (Å²) < 4.78 is 15.1. The number of aromatic nitrogens is 4. The van der Waals surface area contributed by atoms with Gasteiger partial charge in [0.2, 0.25) is 11.8 Å². The zero-order valence-electron chi connectivity index (χ0n) is 19.1. The average Bonchev–Trinajstić information content (AvgIpc) is 3.50. The highest BCUT2D eigenvalue weighted by molar-refractivity contribution is 6.07. The Labute approximate surface area is 208 Å². The van der Waals surface area contributed by atoms with Crippen molar-refractivity contribution in [2.24, 2.45) is 0 Å². The molecule has 2 aromatic heterocycles. The molecule has 0 spiro atoms. The summed E-state index contributed by atoms with van der Waals surface area (Å²) in [5.74, 6) is -1.94. The molecule has 11 nitrogen and oxygen atoms in total. The molecule has 4 aromatic rings.